The summed E-state index contributed by atoms with van der Waals surface area (Å²) in [6.45, 7) is 0. The van der Waals surface area contributed by atoms with Crippen LogP contribution in [0.25, 0.3) is 0 Å². The molecule has 2 N–H and O–H groups in total. The molecule has 1 fully saturated rings. The highest BCUT2D eigenvalue weighted by Crippen LogP contribution is 2.25. The van der Waals surface area contributed by atoms with Gasteiger partial charge in [-0.2, -0.15) is 0 Å². The summed E-state index contributed by atoms with van der Waals surface area (Å²) in [4.78, 5) is 25.3. The molecular formula is C19H20N2O6S2. The molecule has 0 bridgehead atoms. The van der Waals surface area contributed by atoms with Crippen molar-refractivity contribution in [2.24, 2.45) is 0 Å². The lowest BCUT2D eigenvalue weighted by Gasteiger charge is -2.30. The first-order valence-electron chi connectivity index (χ1n) is 8.65. The van der Waals surface area contributed by atoms with E-state index in [9.17, 15) is 26.4 Å². The number of hydrogen-bond acceptors (Lipinski definition) is 6. The zero-order valence-electron chi connectivity index (χ0n) is 15.7. The van der Waals surface area contributed by atoms with Crippen molar-refractivity contribution in [2.75, 3.05) is 12.5 Å². The third-order valence-electron chi connectivity index (χ3n) is 4.58. The number of sulfone groups is 2. The first-order chi connectivity index (χ1) is 13.5. The zero-order valence-corrected chi connectivity index (χ0v) is 17.4. The van der Waals surface area contributed by atoms with Gasteiger partial charge in [0.1, 0.15) is 12.1 Å². The SMILES string of the molecule is CS(=O)(=O)c1cccc(C[C@@H]2NC(=O)[C@H](c3ccccc3S(C)(=O)=O)NC2=O)c1. The van der Waals surface area contributed by atoms with Gasteiger partial charge in [-0.25, -0.2) is 16.8 Å². The fraction of sp³-hybridized carbons (Fsp3) is 0.263. The number of carbonyl (C=O) groups excluding carboxylic acids is 2. The molecule has 2 atom stereocenters. The van der Waals surface area contributed by atoms with Crippen LogP contribution in [-0.2, 0) is 35.7 Å². The Kier molecular flexibility index (Phi) is 5.50. The van der Waals surface area contributed by atoms with E-state index in [1.165, 1.54) is 24.3 Å². The Bertz CT molecular complexity index is 1190. The van der Waals surface area contributed by atoms with E-state index < -0.39 is 43.6 Å². The molecule has 0 aromatic heterocycles. The topological polar surface area (TPSA) is 126 Å². The van der Waals surface area contributed by atoms with Gasteiger partial charge in [0, 0.05) is 24.5 Å². The molecule has 1 saturated heterocycles. The highest BCUT2D eigenvalue weighted by Gasteiger charge is 2.36. The molecule has 1 heterocycles. The molecule has 29 heavy (non-hydrogen) atoms. The molecular weight excluding hydrogens is 416 g/mol. The third-order valence-corrected chi connectivity index (χ3v) is 6.86. The van der Waals surface area contributed by atoms with Gasteiger partial charge in [-0.05, 0) is 23.8 Å². The Morgan fingerprint density at radius 3 is 2.17 bits per heavy atom. The number of hydrogen-bond donors (Lipinski definition) is 2. The van der Waals surface area contributed by atoms with Crippen LogP contribution >= 0.6 is 0 Å². The second-order valence-corrected chi connectivity index (χ2v) is 10.9. The molecule has 0 unspecified atom stereocenters. The minimum atomic E-state index is -3.59. The third kappa shape index (κ3) is 4.65. The van der Waals surface area contributed by atoms with Crippen molar-refractivity contribution in [1.82, 2.24) is 10.6 Å². The number of nitrogens with one attached hydrogen (secondary N) is 2. The second-order valence-electron chi connectivity index (χ2n) is 6.94. The van der Waals surface area contributed by atoms with Gasteiger partial charge >= 0.3 is 0 Å². The Morgan fingerprint density at radius 2 is 1.52 bits per heavy atom. The smallest absolute Gasteiger partial charge is 0.247 e. The molecule has 3 rings (SSSR count). The van der Waals surface area contributed by atoms with Gasteiger partial charge in [0.15, 0.2) is 19.7 Å². The van der Waals surface area contributed by atoms with E-state index in [2.05, 4.69) is 10.6 Å². The molecule has 1 aliphatic heterocycles. The highest BCUT2D eigenvalue weighted by atomic mass is 32.2. The molecule has 0 aliphatic carbocycles. The quantitative estimate of drug-likeness (QED) is 0.698. The van der Waals surface area contributed by atoms with Crippen LogP contribution in [0.3, 0.4) is 0 Å². The average molecular weight is 437 g/mol. The molecule has 10 heteroatoms. The van der Waals surface area contributed by atoms with Crippen LogP contribution < -0.4 is 10.6 Å². The van der Waals surface area contributed by atoms with E-state index in [1.807, 2.05) is 0 Å². The monoisotopic (exact) mass is 436 g/mol. The van der Waals surface area contributed by atoms with Gasteiger partial charge in [0.2, 0.25) is 11.8 Å². The number of piperazine rings is 1. The van der Waals surface area contributed by atoms with Gasteiger partial charge in [-0.3, -0.25) is 9.59 Å². The lowest BCUT2D eigenvalue weighted by molar-refractivity contribution is -0.137. The minimum Gasteiger partial charge on any atom is -0.342 e. The summed E-state index contributed by atoms with van der Waals surface area (Å²) in [7, 11) is -6.99. The van der Waals surface area contributed by atoms with E-state index in [1.54, 1.807) is 24.3 Å². The predicted octanol–water partition coefficient (Wildman–Crippen LogP) is 0.392. The van der Waals surface area contributed by atoms with Gasteiger partial charge in [0.25, 0.3) is 0 Å². The van der Waals surface area contributed by atoms with E-state index in [4.69, 9.17) is 0 Å². The summed E-state index contributed by atoms with van der Waals surface area (Å²) in [5.41, 5.74) is 0.765. The Labute approximate surface area is 169 Å². The van der Waals surface area contributed by atoms with Crippen molar-refractivity contribution in [3.63, 3.8) is 0 Å². The molecule has 0 saturated carbocycles. The van der Waals surface area contributed by atoms with Crippen LogP contribution in [0.2, 0.25) is 0 Å². The average Bonchev–Trinajstić information content (AvgIpc) is 2.63. The molecule has 0 spiro atoms. The molecule has 8 nitrogen and oxygen atoms in total. The maximum atomic E-state index is 12.6. The summed E-state index contributed by atoms with van der Waals surface area (Å²) in [6.07, 6.45) is 2.22. The molecule has 154 valence electrons. The lowest BCUT2D eigenvalue weighted by atomic mass is 9.98. The van der Waals surface area contributed by atoms with Crippen LogP contribution in [0.5, 0.6) is 0 Å². The normalized spacial score (nSPS) is 20.1. The fourth-order valence-corrected chi connectivity index (χ4v) is 4.82. The van der Waals surface area contributed by atoms with Crippen molar-refractivity contribution in [3.8, 4) is 0 Å². The van der Waals surface area contributed by atoms with Crippen LogP contribution in [0.15, 0.2) is 58.3 Å². The van der Waals surface area contributed by atoms with Crippen LogP contribution in [0.4, 0.5) is 0 Å². The van der Waals surface area contributed by atoms with E-state index >= 15 is 0 Å². The number of amides is 2. The molecule has 2 amide bonds. The Morgan fingerprint density at radius 1 is 0.828 bits per heavy atom. The molecule has 2 aromatic carbocycles. The van der Waals surface area contributed by atoms with Crippen LogP contribution in [0.1, 0.15) is 17.2 Å². The molecule has 2 aromatic rings. The predicted molar refractivity (Wildman–Crippen MR) is 106 cm³/mol. The maximum absolute atomic E-state index is 12.6. The first kappa shape index (κ1) is 21.0. The molecule has 1 aliphatic rings. The van der Waals surface area contributed by atoms with Crippen molar-refractivity contribution in [3.05, 3.63) is 59.7 Å². The van der Waals surface area contributed by atoms with E-state index in [0.29, 0.717) is 5.56 Å². The number of rotatable bonds is 5. The van der Waals surface area contributed by atoms with Gasteiger partial charge in [0.05, 0.1) is 9.79 Å². The number of benzene rings is 2. The minimum absolute atomic E-state index is 0.0280. The maximum Gasteiger partial charge on any atom is 0.247 e. The van der Waals surface area contributed by atoms with Crippen molar-refractivity contribution >= 4 is 31.5 Å². The van der Waals surface area contributed by atoms with Crippen LogP contribution in [0, 0.1) is 0 Å². The fourth-order valence-electron chi connectivity index (χ4n) is 3.19. The van der Waals surface area contributed by atoms with Crippen molar-refractivity contribution < 1.29 is 26.4 Å². The van der Waals surface area contributed by atoms with E-state index in [0.717, 1.165) is 12.5 Å². The van der Waals surface area contributed by atoms with Gasteiger partial charge in [-0.1, -0.05) is 30.3 Å². The standard InChI is InChI=1S/C19H20N2O6S2/c1-28(24,25)13-7-5-6-12(10-13)11-15-18(22)21-17(19(23)20-15)14-8-3-4-9-16(14)29(2,26)27/h3-10,15,17H,11H2,1-2H3,(H,20,23)(H,21,22)/t15-,17-/m0/s1. The Hall–Kier alpha value is -2.72. The summed E-state index contributed by atoms with van der Waals surface area (Å²) < 4.78 is 47.4. The van der Waals surface area contributed by atoms with Crippen LogP contribution in [-0.4, -0.2) is 47.2 Å². The summed E-state index contributed by atoms with van der Waals surface area (Å²) >= 11 is 0. The highest BCUT2D eigenvalue weighted by molar-refractivity contribution is 7.91. The lowest BCUT2D eigenvalue weighted by Crippen LogP contribution is -2.58. The summed E-state index contributed by atoms with van der Waals surface area (Å²) in [5.74, 6) is -1.02. The van der Waals surface area contributed by atoms with Crippen molar-refractivity contribution in [1.29, 1.82) is 0 Å². The van der Waals surface area contributed by atoms with Crippen molar-refractivity contribution in [2.45, 2.75) is 28.3 Å². The van der Waals surface area contributed by atoms with E-state index in [-0.39, 0.29) is 21.8 Å². The first-order valence-corrected chi connectivity index (χ1v) is 12.4. The van der Waals surface area contributed by atoms with Gasteiger partial charge in [-0.15, -0.1) is 0 Å². The largest absolute Gasteiger partial charge is 0.342 e. The summed E-state index contributed by atoms with van der Waals surface area (Å²) in [6, 6.07) is 10.1. The zero-order chi connectivity index (χ0) is 21.4. The molecule has 0 radical (unpaired) electrons. The summed E-state index contributed by atoms with van der Waals surface area (Å²) in [5, 5.41) is 5.18. The second kappa shape index (κ2) is 7.60. The van der Waals surface area contributed by atoms with Gasteiger partial charge < -0.3 is 10.6 Å². The Balaban J connectivity index is 1.84. The number of carbonyl (C=O) groups is 2.